The Balaban J connectivity index is 1.51. The first-order chi connectivity index (χ1) is 23.6. The Hall–Kier alpha value is -5.34. The van der Waals surface area contributed by atoms with Gasteiger partial charge in [-0.2, -0.15) is 0 Å². The van der Waals surface area contributed by atoms with Gasteiger partial charge in [0.25, 0.3) is 0 Å². The first-order valence-electron chi connectivity index (χ1n) is 16.4. The summed E-state index contributed by atoms with van der Waals surface area (Å²) in [5.74, 6) is -0.0759. The fourth-order valence-corrected chi connectivity index (χ4v) is 5.75. The number of aromatic nitrogens is 4. The minimum absolute atomic E-state index is 0.0663. The van der Waals surface area contributed by atoms with Gasteiger partial charge in [0.2, 0.25) is 0 Å². The Kier molecular flexibility index (Phi) is 11.9. The molecule has 4 rings (SSSR count). The number of carbonyl (C=O) groups is 4. The highest BCUT2D eigenvalue weighted by atomic mass is 16.6. The average molecular weight is 687 g/mol. The molecule has 14 nitrogen and oxygen atoms in total. The maximum Gasteiger partial charge on any atom is 0.412 e. The van der Waals surface area contributed by atoms with E-state index in [-0.39, 0.29) is 23.9 Å². The Morgan fingerprint density at radius 2 is 1.02 bits per heavy atom. The number of benzene rings is 2. The van der Waals surface area contributed by atoms with Gasteiger partial charge < -0.3 is 30.9 Å². The number of nitrogens with zero attached hydrogens (tertiary/aromatic N) is 2. The topological polar surface area (TPSA) is 220 Å². The lowest BCUT2D eigenvalue weighted by molar-refractivity contribution is -0.140. The summed E-state index contributed by atoms with van der Waals surface area (Å²) in [5.41, 5.74) is 17.9. The summed E-state index contributed by atoms with van der Waals surface area (Å²) >= 11 is 0. The predicted molar refractivity (Wildman–Crippen MR) is 188 cm³/mol. The lowest BCUT2D eigenvalue weighted by Gasteiger charge is -2.23. The molecule has 0 unspecified atom stereocenters. The van der Waals surface area contributed by atoms with Crippen LogP contribution in [0.15, 0.2) is 48.8 Å². The summed E-state index contributed by atoms with van der Waals surface area (Å²) in [6.07, 6.45) is 1.24. The number of primary amides is 2. The van der Waals surface area contributed by atoms with Crippen molar-refractivity contribution in [3.8, 4) is 33.6 Å². The third-order valence-corrected chi connectivity index (χ3v) is 8.67. The molecule has 266 valence electrons. The molecule has 0 spiro atoms. The van der Waals surface area contributed by atoms with Gasteiger partial charge >= 0.3 is 24.1 Å². The lowest BCUT2D eigenvalue weighted by atomic mass is 9.92. The smallest absolute Gasteiger partial charge is 0.375 e. The number of hydrogen-bond donors (Lipinski definition) is 6. The molecule has 0 aliphatic heterocycles. The Morgan fingerprint density at radius 1 is 0.620 bits per heavy atom. The number of hydrogen-bond acceptors (Lipinski definition) is 10. The highest BCUT2D eigenvalue weighted by Crippen LogP contribution is 2.34. The summed E-state index contributed by atoms with van der Waals surface area (Å²) in [5, 5.41) is 6.36. The number of esters is 2. The Bertz CT molecular complexity index is 1840. The first-order valence-corrected chi connectivity index (χ1v) is 16.4. The zero-order valence-corrected chi connectivity index (χ0v) is 29.6. The summed E-state index contributed by atoms with van der Waals surface area (Å²) in [7, 11) is 0. The molecule has 2 aromatic carbocycles. The number of imidazole rings is 2. The van der Waals surface area contributed by atoms with Gasteiger partial charge in [-0.25, -0.2) is 29.1 Å². The average Bonchev–Trinajstić information content (AvgIpc) is 3.73. The molecule has 14 heteroatoms. The standard InChI is InChI=1S/C36H46N8O6/c1-17(2)29(41-21(7)33(45)49-35(37)47)31-39-15-27(43-31)24-11-9-23(10-12-24)25-13-14-26(20(6)19(25)5)28-16-40-32(44-28)30(18(3)4)42-22(8)34(46)50-36(38)48/h9-18,21-22,29-30,41-42H,1-8H3,(H2,37,47)(H2,38,48)(H,39,43)(H,40,44)/t21-,22-,29-,30-/m0/s1. The summed E-state index contributed by atoms with van der Waals surface area (Å²) in [6.45, 7) is 15.4. The number of amides is 2. The summed E-state index contributed by atoms with van der Waals surface area (Å²) in [6, 6.07) is 10.2. The van der Waals surface area contributed by atoms with E-state index in [1.54, 1.807) is 26.2 Å². The van der Waals surface area contributed by atoms with Crippen molar-refractivity contribution in [3.05, 3.63) is 71.6 Å². The second kappa shape index (κ2) is 15.9. The van der Waals surface area contributed by atoms with Crippen LogP contribution in [-0.2, 0) is 19.1 Å². The number of nitrogens with one attached hydrogen (secondary N) is 4. The van der Waals surface area contributed by atoms with Crippen LogP contribution in [0.25, 0.3) is 33.6 Å². The molecule has 4 aromatic rings. The van der Waals surface area contributed by atoms with Crippen molar-refractivity contribution in [1.82, 2.24) is 30.6 Å². The van der Waals surface area contributed by atoms with Crippen LogP contribution in [0.2, 0.25) is 0 Å². The quantitative estimate of drug-likeness (QED) is 0.0782. The SMILES string of the molecule is Cc1c(-c2ccc(-c3cnc([C@@H](N[C@@H](C)C(=O)OC(N)=O)C(C)C)[nH]3)cc2)ccc(-c2cnc([C@@H](N[C@@H](C)C(=O)OC(N)=O)C(C)C)[nH]2)c1C. The molecule has 0 saturated carbocycles. The Morgan fingerprint density at radius 3 is 1.48 bits per heavy atom. The number of H-pyrrole nitrogens is 2. The molecule has 0 aliphatic carbocycles. The molecule has 50 heavy (non-hydrogen) atoms. The third-order valence-electron chi connectivity index (χ3n) is 8.67. The van der Waals surface area contributed by atoms with Crippen molar-refractivity contribution in [2.24, 2.45) is 23.3 Å². The van der Waals surface area contributed by atoms with Gasteiger partial charge in [-0.15, -0.1) is 0 Å². The number of nitrogens with two attached hydrogens (primary N) is 2. The van der Waals surface area contributed by atoms with Crippen molar-refractivity contribution >= 4 is 24.1 Å². The van der Waals surface area contributed by atoms with Gasteiger partial charge in [0.05, 0.1) is 35.9 Å². The van der Waals surface area contributed by atoms with Crippen molar-refractivity contribution in [1.29, 1.82) is 0 Å². The number of aromatic amines is 2. The molecule has 0 aliphatic rings. The minimum Gasteiger partial charge on any atom is -0.375 e. The first kappa shape index (κ1) is 37.5. The summed E-state index contributed by atoms with van der Waals surface area (Å²) in [4.78, 5) is 62.3. The third kappa shape index (κ3) is 8.81. The van der Waals surface area contributed by atoms with Crippen LogP contribution in [0.5, 0.6) is 0 Å². The van der Waals surface area contributed by atoms with Crippen LogP contribution in [0.1, 0.15) is 76.4 Å². The highest BCUT2D eigenvalue weighted by Gasteiger charge is 2.27. The maximum absolute atomic E-state index is 12.2. The lowest BCUT2D eigenvalue weighted by Crippen LogP contribution is -2.41. The second-order valence-electron chi connectivity index (χ2n) is 13.1. The van der Waals surface area contributed by atoms with Crippen LogP contribution in [0.3, 0.4) is 0 Å². The van der Waals surface area contributed by atoms with Gasteiger partial charge in [0, 0.05) is 5.56 Å². The van der Waals surface area contributed by atoms with E-state index >= 15 is 0 Å². The van der Waals surface area contributed by atoms with E-state index in [0.717, 1.165) is 44.8 Å². The number of rotatable bonds is 13. The molecule has 0 fully saturated rings. The van der Waals surface area contributed by atoms with Crippen LogP contribution in [-0.4, -0.2) is 56.1 Å². The molecule has 8 N–H and O–H groups in total. The minimum atomic E-state index is -1.15. The van der Waals surface area contributed by atoms with Gasteiger partial charge in [0.1, 0.15) is 23.7 Å². The van der Waals surface area contributed by atoms with Crippen molar-refractivity contribution < 1.29 is 28.7 Å². The van der Waals surface area contributed by atoms with E-state index in [1.807, 2.05) is 39.8 Å². The van der Waals surface area contributed by atoms with Gasteiger partial charge in [-0.05, 0) is 67.3 Å². The van der Waals surface area contributed by atoms with E-state index in [9.17, 15) is 19.2 Å². The number of ether oxygens (including phenoxy) is 2. The molecule has 0 saturated heterocycles. The molecule has 4 atom stereocenters. The maximum atomic E-state index is 12.2. The summed E-state index contributed by atoms with van der Waals surface area (Å²) < 4.78 is 9.04. The fourth-order valence-electron chi connectivity index (χ4n) is 5.75. The van der Waals surface area contributed by atoms with Crippen LogP contribution in [0, 0.1) is 25.7 Å². The monoisotopic (exact) mass is 686 g/mol. The molecule has 0 bridgehead atoms. The molecule has 2 aromatic heterocycles. The van der Waals surface area contributed by atoms with E-state index < -0.39 is 36.2 Å². The van der Waals surface area contributed by atoms with E-state index in [0.29, 0.717) is 11.6 Å². The van der Waals surface area contributed by atoms with Crippen molar-refractivity contribution in [2.75, 3.05) is 0 Å². The number of carbonyl (C=O) groups excluding carboxylic acids is 4. The molecule has 2 amide bonds. The largest absolute Gasteiger partial charge is 0.412 e. The van der Waals surface area contributed by atoms with E-state index in [1.165, 1.54) is 0 Å². The van der Waals surface area contributed by atoms with Crippen LogP contribution < -0.4 is 22.1 Å². The van der Waals surface area contributed by atoms with Crippen LogP contribution >= 0.6 is 0 Å². The fraction of sp³-hybridized carbons (Fsp3) is 0.389. The second-order valence-corrected chi connectivity index (χ2v) is 13.1. The van der Waals surface area contributed by atoms with Crippen molar-refractivity contribution in [3.63, 3.8) is 0 Å². The van der Waals surface area contributed by atoms with Crippen molar-refractivity contribution in [2.45, 2.75) is 79.6 Å². The predicted octanol–water partition coefficient (Wildman–Crippen LogP) is 5.34. The molecular formula is C36H46N8O6. The van der Waals surface area contributed by atoms with Crippen LogP contribution in [0.4, 0.5) is 9.59 Å². The highest BCUT2D eigenvalue weighted by molar-refractivity contribution is 5.87. The normalized spacial score (nSPS) is 13.9. The van der Waals surface area contributed by atoms with Gasteiger partial charge in [-0.3, -0.25) is 10.6 Å². The molecule has 0 radical (unpaired) electrons. The Labute approximate surface area is 291 Å². The zero-order valence-electron chi connectivity index (χ0n) is 29.6. The zero-order chi connectivity index (χ0) is 36.9. The molecular weight excluding hydrogens is 640 g/mol. The molecule has 2 heterocycles. The van der Waals surface area contributed by atoms with Gasteiger partial charge in [-0.1, -0.05) is 64.1 Å². The van der Waals surface area contributed by atoms with Gasteiger partial charge in [0.15, 0.2) is 0 Å². The van der Waals surface area contributed by atoms with E-state index in [2.05, 4.69) is 78.2 Å². The van der Waals surface area contributed by atoms with E-state index in [4.69, 9.17) is 11.5 Å².